The second-order valence-corrected chi connectivity index (χ2v) is 6.92. The second-order valence-electron chi connectivity index (χ2n) is 6.10. The Morgan fingerprint density at radius 1 is 1.00 bits per heavy atom. The number of amides is 1. The summed E-state index contributed by atoms with van der Waals surface area (Å²) in [6, 6.07) is 13.1. The molecule has 1 amide bonds. The predicted molar refractivity (Wildman–Crippen MR) is 115 cm³/mol. The quantitative estimate of drug-likeness (QED) is 0.671. The number of nitrogens with zero attached hydrogens (tertiary/aromatic N) is 1. The van der Waals surface area contributed by atoms with Crippen LogP contribution in [-0.2, 0) is 9.53 Å². The van der Waals surface area contributed by atoms with Crippen molar-refractivity contribution in [2.45, 2.75) is 6.92 Å². The van der Waals surface area contributed by atoms with E-state index in [0.29, 0.717) is 23.3 Å². The molecule has 1 aliphatic heterocycles. The highest BCUT2D eigenvalue weighted by molar-refractivity contribution is 7.80. The maximum atomic E-state index is 11.1. The molecular formula is C19H21ClN4O2S. The summed E-state index contributed by atoms with van der Waals surface area (Å²) in [6.45, 7) is 4.57. The van der Waals surface area contributed by atoms with Crippen LogP contribution in [0.1, 0.15) is 6.92 Å². The maximum absolute atomic E-state index is 11.1. The first-order chi connectivity index (χ1) is 13.0. The van der Waals surface area contributed by atoms with Crippen molar-refractivity contribution < 1.29 is 9.53 Å². The summed E-state index contributed by atoms with van der Waals surface area (Å²) in [5.41, 5.74) is 3.36. The molecule has 2 aromatic carbocycles. The molecule has 0 unspecified atom stereocenters. The summed E-state index contributed by atoms with van der Waals surface area (Å²) >= 11 is 11.8. The Morgan fingerprint density at radius 2 is 1.56 bits per heavy atom. The lowest BCUT2D eigenvalue weighted by Crippen LogP contribution is -2.36. The van der Waals surface area contributed by atoms with Gasteiger partial charge in [-0.15, -0.1) is 0 Å². The first-order valence-electron chi connectivity index (χ1n) is 8.59. The van der Waals surface area contributed by atoms with Gasteiger partial charge >= 0.3 is 0 Å². The van der Waals surface area contributed by atoms with Crippen LogP contribution >= 0.6 is 23.8 Å². The Hall–Kier alpha value is -2.35. The molecule has 3 rings (SSSR count). The largest absolute Gasteiger partial charge is 0.378 e. The van der Waals surface area contributed by atoms with Gasteiger partial charge in [-0.1, -0.05) is 11.6 Å². The van der Waals surface area contributed by atoms with Gasteiger partial charge in [0.25, 0.3) is 0 Å². The molecule has 0 aliphatic carbocycles. The minimum absolute atomic E-state index is 0.106. The van der Waals surface area contributed by atoms with E-state index in [4.69, 9.17) is 28.6 Å². The van der Waals surface area contributed by atoms with Crippen molar-refractivity contribution in [3.8, 4) is 0 Å². The van der Waals surface area contributed by atoms with E-state index in [9.17, 15) is 4.79 Å². The van der Waals surface area contributed by atoms with Gasteiger partial charge in [-0.25, -0.2) is 0 Å². The summed E-state index contributed by atoms with van der Waals surface area (Å²) in [4.78, 5) is 13.3. The van der Waals surface area contributed by atoms with Crippen LogP contribution in [0.4, 0.5) is 22.7 Å². The lowest BCUT2D eigenvalue weighted by atomic mass is 10.2. The van der Waals surface area contributed by atoms with E-state index in [0.717, 1.165) is 35.8 Å². The molecule has 0 spiro atoms. The summed E-state index contributed by atoms with van der Waals surface area (Å²) in [5.74, 6) is -0.106. The van der Waals surface area contributed by atoms with Gasteiger partial charge in [-0.2, -0.15) is 0 Å². The number of ether oxygens (including phenoxy) is 1. The van der Waals surface area contributed by atoms with Gasteiger partial charge in [0.2, 0.25) is 5.91 Å². The van der Waals surface area contributed by atoms with Gasteiger partial charge in [0.15, 0.2) is 5.11 Å². The lowest BCUT2D eigenvalue weighted by Gasteiger charge is -2.29. The van der Waals surface area contributed by atoms with Crippen molar-refractivity contribution in [3.63, 3.8) is 0 Å². The Kier molecular flexibility index (Phi) is 6.49. The number of thiocarbonyl (C=S) groups is 1. The smallest absolute Gasteiger partial charge is 0.221 e. The van der Waals surface area contributed by atoms with Gasteiger partial charge in [0, 0.05) is 37.1 Å². The van der Waals surface area contributed by atoms with Crippen LogP contribution in [0, 0.1) is 0 Å². The van der Waals surface area contributed by atoms with E-state index in [1.54, 1.807) is 12.1 Å². The van der Waals surface area contributed by atoms with E-state index in [-0.39, 0.29) is 5.91 Å². The number of nitrogens with one attached hydrogen (secondary N) is 3. The molecule has 0 saturated carbocycles. The molecule has 1 fully saturated rings. The molecule has 0 bridgehead atoms. The van der Waals surface area contributed by atoms with E-state index in [1.165, 1.54) is 6.92 Å². The van der Waals surface area contributed by atoms with Gasteiger partial charge in [-0.3, -0.25) is 4.79 Å². The van der Waals surface area contributed by atoms with Crippen LogP contribution in [-0.4, -0.2) is 37.3 Å². The van der Waals surface area contributed by atoms with Gasteiger partial charge in [0.05, 0.1) is 23.9 Å². The fraction of sp³-hybridized carbons (Fsp3) is 0.263. The van der Waals surface area contributed by atoms with Crippen molar-refractivity contribution >= 4 is 57.6 Å². The third-order valence-corrected chi connectivity index (χ3v) is 4.53. The van der Waals surface area contributed by atoms with Crippen molar-refractivity contribution in [1.29, 1.82) is 0 Å². The van der Waals surface area contributed by atoms with Crippen LogP contribution in [0.3, 0.4) is 0 Å². The van der Waals surface area contributed by atoms with Crippen molar-refractivity contribution in [2.24, 2.45) is 0 Å². The first-order valence-corrected chi connectivity index (χ1v) is 9.38. The standard InChI is InChI=1S/C19H21ClN4O2S/c1-13(25)21-14-2-4-15(5-3-14)22-19(27)23-16-6-7-18(17(20)12-16)24-8-10-26-11-9-24/h2-7,12H,8-11H2,1H3,(H,21,25)(H2,22,23,27). The molecule has 142 valence electrons. The topological polar surface area (TPSA) is 65.6 Å². The Labute approximate surface area is 168 Å². The molecule has 0 aromatic heterocycles. The number of carbonyl (C=O) groups is 1. The number of morpholine rings is 1. The minimum Gasteiger partial charge on any atom is -0.378 e. The SMILES string of the molecule is CC(=O)Nc1ccc(NC(=S)Nc2ccc(N3CCOCC3)c(Cl)c2)cc1. The van der Waals surface area contributed by atoms with Crippen LogP contribution in [0.2, 0.25) is 5.02 Å². The van der Waals surface area contributed by atoms with Gasteiger partial charge < -0.3 is 25.6 Å². The molecular weight excluding hydrogens is 384 g/mol. The molecule has 1 heterocycles. The van der Waals surface area contributed by atoms with Gasteiger partial charge in [-0.05, 0) is 54.7 Å². The van der Waals surface area contributed by atoms with E-state index < -0.39 is 0 Å². The zero-order chi connectivity index (χ0) is 19.2. The minimum atomic E-state index is -0.106. The Morgan fingerprint density at radius 3 is 2.15 bits per heavy atom. The number of benzene rings is 2. The van der Waals surface area contributed by atoms with E-state index in [1.807, 2.05) is 30.3 Å². The zero-order valence-corrected chi connectivity index (χ0v) is 16.5. The number of halogens is 1. The van der Waals surface area contributed by atoms with Crippen LogP contribution in [0.15, 0.2) is 42.5 Å². The number of hydrogen-bond acceptors (Lipinski definition) is 4. The summed E-state index contributed by atoms with van der Waals surface area (Å²) < 4.78 is 5.38. The molecule has 3 N–H and O–H groups in total. The van der Waals surface area contributed by atoms with E-state index >= 15 is 0 Å². The van der Waals surface area contributed by atoms with Crippen LogP contribution in [0.25, 0.3) is 0 Å². The highest BCUT2D eigenvalue weighted by Crippen LogP contribution is 2.29. The second kappa shape index (κ2) is 9.03. The first kappa shape index (κ1) is 19.4. The molecule has 0 radical (unpaired) electrons. The fourth-order valence-electron chi connectivity index (χ4n) is 2.78. The Balaban J connectivity index is 1.58. The van der Waals surface area contributed by atoms with Crippen molar-refractivity contribution in [1.82, 2.24) is 0 Å². The predicted octanol–water partition coefficient (Wildman–Crippen LogP) is 3.94. The third-order valence-electron chi connectivity index (χ3n) is 4.02. The summed E-state index contributed by atoms with van der Waals surface area (Å²) in [6.07, 6.45) is 0. The Bertz CT molecular complexity index is 823. The molecule has 1 saturated heterocycles. The number of anilines is 4. The highest BCUT2D eigenvalue weighted by atomic mass is 35.5. The van der Waals surface area contributed by atoms with E-state index in [2.05, 4.69) is 20.9 Å². The third kappa shape index (κ3) is 5.56. The molecule has 8 heteroatoms. The normalized spacial score (nSPS) is 13.8. The highest BCUT2D eigenvalue weighted by Gasteiger charge is 2.14. The number of hydrogen-bond donors (Lipinski definition) is 3. The van der Waals surface area contributed by atoms with Crippen molar-refractivity contribution in [2.75, 3.05) is 47.2 Å². The maximum Gasteiger partial charge on any atom is 0.221 e. The average Bonchev–Trinajstić information content (AvgIpc) is 2.64. The molecule has 6 nitrogen and oxygen atoms in total. The van der Waals surface area contributed by atoms with Crippen LogP contribution < -0.4 is 20.9 Å². The molecule has 2 aromatic rings. The molecule has 27 heavy (non-hydrogen) atoms. The fourth-order valence-corrected chi connectivity index (χ4v) is 3.31. The zero-order valence-electron chi connectivity index (χ0n) is 14.9. The lowest BCUT2D eigenvalue weighted by molar-refractivity contribution is -0.114. The number of rotatable bonds is 4. The average molecular weight is 405 g/mol. The summed E-state index contributed by atoms with van der Waals surface area (Å²) in [5, 5.41) is 10.1. The molecule has 1 aliphatic rings. The molecule has 0 atom stereocenters. The van der Waals surface area contributed by atoms with Crippen LogP contribution in [0.5, 0.6) is 0 Å². The number of carbonyl (C=O) groups excluding carboxylic acids is 1. The summed E-state index contributed by atoms with van der Waals surface area (Å²) in [7, 11) is 0. The monoisotopic (exact) mass is 404 g/mol. The van der Waals surface area contributed by atoms with Gasteiger partial charge in [0.1, 0.15) is 0 Å². The van der Waals surface area contributed by atoms with Crippen molar-refractivity contribution in [3.05, 3.63) is 47.5 Å².